The first-order valence-corrected chi connectivity index (χ1v) is 9.84. The molecule has 0 radical (unpaired) electrons. The van der Waals surface area contributed by atoms with Gasteiger partial charge in [-0.05, 0) is 32.4 Å². The molecule has 1 aliphatic rings. The Morgan fingerprint density at radius 3 is 2.73 bits per heavy atom. The summed E-state index contributed by atoms with van der Waals surface area (Å²) in [5.41, 5.74) is 0. The van der Waals surface area contributed by atoms with Gasteiger partial charge in [-0.15, -0.1) is 20.4 Å². The standard InChI is InChI=1S/C14H22N6S2/c1-10-16-18-13(22-10)15-9-5-8-12-17-19-14(21-2)20(12)11-6-3-4-7-11/h11H,3-9H2,1-2H3,(H,15,18). The Balaban J connectivity index is 1.56. The van der Waals surface area contributed by atoms with Crippen molar-refractivity contribution in [3.63, 3.8) is 0 Å². The number of hydrogen-bond donors (Lipinski definition) is 1. The van der Waals surface area contributed by atoms with E-state index in [1.165, 1.54) is 25.7 Å². The van der Waals surface area contributed by atoms with E-state index in [4.69, 9.17) is 0 Å². The van der Waals surface area contributed by atoms with E-state index in [2.05, 4.69) is 36.5 Å². The van der Waals surface area contributed by atoms with Gasteiger partial charge in [0, 0.05) is 19.0 Å². The Bertz CT molecular complexity index is 602. The SMILES string of the molecule is CSc1nnc(CCCNc2nnc(C)s2)n1C1CCCC1. The van der Waals surface area contributed by atoms with Crippen molar-refractivity contribution in [3.8, 4) is 0 Å². The number of aryl methyl sites for hydroxylation is 2. The average molecular weight is 339 g/mol. The van der Waals surface area contributed by atoms with Gasteiger partial charge in [-0.1, -0.05) is 35.9 Å². The lowest BCUT2D eigenvalue weighted by molar-refractivity contribution is 0.461. The number of anilines is 1. The predicted molar refractivity (Wildman–Crippen MR) is 90.8 cm³/mol. The van der Waals surface area contributed by atoms with Crippen molar-refractivity contribution in [2.45, 2.75) is 56.6 Å². The maximum Gasteiger partial charge on any atom is 0.205 e. The van der Waals surface area contributed by atoms with Crippen molar-refractivity contribution in [1.29, 1.82) is 0 Å². The van der Waals surface area contributed by atoms with E-state index in [1.807, 2.05) is 6.92 Å². The van der Waals surface area contributed by atoms with Gasteiger partial charge in [0.2, 0.25) is 5.13 Å². The monoisotopic (exact) mass is 338 g/mol. The van der Waals surface area contributed by atoms with Crippen molar-refractivity contribution in [1.82, 2.24) is 25.0 Å². The molecule has 1 N–H and O–H groups in total. The molecule has 6 nitrogen and oxygen atoms in total. The third kappa shape index (κ3) is 3.60. The van der Waals surface area contributed by atoms with E-state index in [1.54, 1.807) is 23.1 Å². The molecule has 0 aromatic carbocycles. The van der Waals surface area contributed by atoms with Crippen molar-refractivity contribution in [3.05, 3.63) is 10.8 Å². The van der Waals surface area contributed by atoms with E-state index >= 15 is 0 Å². The van der Waals surface area contributed by atoms with Gasteiger partial charge < -0.3 is 9.88 Å². The highest BCUT2D eigenvalue weighted by Crippen LogP contribution is 2.33. The van der Waals surface area contributed by atoms with Crippen LogP contribution in [-0.4, -0.2) is 37.8 Å². The first kappa shape index (κ1) is 15.7. The largest absolute Gasteiger partial charge is 0.360 e. The molecule has 0 spiro atoms. The second-order valence-electron chi connectivity index (χ2n) is 5.57. The van der Waals surface area contributed by atoms with Crippen LogP contribution in [-0.2, 0) is 6.42 Å². The molecule has 0 unspecified atom stereocenters. The van der Waals surface area contributed by atoms with Crippen molar-refractivity contribution < 1.29 is 0 Å². The van der Waals surface area contributed by atoms with Crippen molar-refractivity contribution in [2.75, 3.05) is 18.1 Å². The van der Waals surface area contributed by atoms with Crippen LogP contribution in [0.4, 0.5) is 5.13 Å². The molecule has 0 bridgehead atoms. The van der Waals surface area contributed by atoms with Crippen LogP contribution in [0.3, 0.4) is 0 Å². The Labute approximate surface area is 139 Å². The summed E-state index contributed by atoms with van der Waals surface area (Å²) in [6, 6.07) is 0.603. The summed E-state index contributed by atoms with van der Waals surface area (Å²) in [4.78, 5) is 0. The zero-order valence-electron chi connectivity index (χ0n) is 13.1. The molecule has 1 saturated carbocycles. The van der Waals surface area contributed by atoms with Crippen LogP contribution in [0.5, 0.6) is 0 Å². The minimum Gasteiger partial charge on any atom is -0.360 e. The molecule has 0 amide bonds. The predicted octanol–water partition coefficient (Wildman–Crippen LogP) is 3.32. The Kier molecular flexibility index (Phi) is 5.30. The lowest BCUT2D eigenvalue weighted by Gasteiger charge is -2.16. The molecule has 0 aliphatic heterocycles. The van der Waals surface area contributed by atoms with Crippen LogP contribution in [0.1, 0.15) is 49.0 Å². The normalized spacial score (nSPS) is 15.5. The highest BCUT2D eigenvalue weighted by Gasteiger charge is 2.23. The quantitative estimate of drug-likeness (QED) is 0.617. The van der Waals surface area contributed by atoms with Crippen LogP contribution in [0.15, 0.2) is 5.16 Å². The molecule has 0 atom stereocenters. The molecule has 3 rings (SSSR count). The van der Waals surface area contributed by atoms with E-state index in [0.29, 0.717) is 6.04 Å². The summed E-state index contributed by atoms with van der Waals surface area (Å²) < 4.78 is 2.38. The molecule has 1 fully saturated rings. The highest BCUT2D eigenvalue weighted by atomic mass is 32.2. The summed E-state index contributed by atoms with van der Waals surface area (Å²) >= 11 is 3.29. The molecule has 0 saturated heterocycles. The molecule has 22 heavy (non-hydrogen) atoms. The van der Waals surface area contributed by atoms with Gasteiger partial charge in [0.25, 0.3) is 0 Å². The first-order valence-electron chi connectivity index (χ1n) is 7.79. The minimum absolute atomic E-state index is 0.603. The number of nitrogens with zero attached hydrogens (tertiary/aromatic N) is 5. The summed E-state index contributed by atoms with van der Waals surface area (Å²) in [5.74, 6) is 1.13. The lowest BCUT2D eigenvalue weighted by Crippen LogP contribution is -2.12. The molecular weight excluding hydrogens is 316 g/mol. The van der Waals surface area contributed by atoms with Crippen LogP contribution in [0.25, 0.3) is 0 Å². The van der Waals surface area contributed by atoms with Gasteiger partial charge in [-0.2, -0.15) is 0 Å². The summed E-state index contributed by atoms with van der Waals surface area (Å²) in [7, 11) is 0. The van der Waals surface area contributed by atoms with Crippen molar-refractivity contribution >= 4 is 28.2 Å². The lowest BCUT2D eigenvalue weighted by atomic mass is 10.2. The van der Waals surface area contributed by atoms with Gasteiger partial charge in [-0.3, -0.25) is 0 Å². The summed E-state index contributed by atoms with van der Waals surface area (Å²) in [6.07, 6.45) is 9.25. The molecule has 8 heteroatoms. The van der Waals surface area contributed by atoms with Gasteiger partial charge in [0.1, 0.15) is 10.8 Å². The van der Waals surface area contributed by atoms with Crippen molar-refractivity contribution in [2.24, 2.45) is 0 Å². The van der Waals surface area contributed by atoms with Gasteiger partial charge in [0.15, 0.2) is 5.16 Å². The topological polar surface area (TPSA) is 68.5 Å². The third-order valence-electron chi connectivity index (χ3n) is 3.99. The van der Waals surface area contributed by atoms with E-state index in [0.717, 1.165) is 40.5 Å². The summed E-state index contributed by atoms with van der Waals surface area (Å²) in [6.45, 7) is 2.86. The van der Waals surface area contributed by atoms with Crippen LogP contribution in [0.2, 0.25) is 0 Å². The first-order chi connectivity index (χ1) is 10.8. The van der Waals surface area contributed by atoms with Gasteiger partial charge >= 0.3 is 0 Å². The Morgan fingerprint density at radius 2 is 2.05 bits per heavy atom. The number of nitrogens with one attached hydrogen (secondary N) is 1. The third-order valence-corrected chi connectivity index (χ3v) is 5.43. The molecule has 2 aromatic rings. The molecule has 2 aromatic heterocycles. The fourth-order valence-corrected chi connectivity index (χ4v) is 4.15. The van der Waals surface area contributed by atoms with E-state index in [-0.39, 0.29) is 0 Å². The molecule has 1 aliphatic carbocycles. The fourth-order valence-electron chi connectivity index (χ4n) is 2.96. The summed E-state index contributed by atoms with van der Waals surface area (Å²) in [5, 5.41) is 23.2. The minimum atomic E-state index is 0.603. The molecule has 2 heterocycles. The van der Waals surface area contributed by atoms with Crippen LogP contribution >= 0.6 is 23.1 Å². The zero-order chi connectivity index (χ0) is 15.4. The fraction of sp³-hybridized carbons (Fsp3) is 0.714. The van der Waals surface area contributed by atoms with E-state index < -0.39 is 0 Å². The molecular formula is C14H22N6S2. The maximum atomic E-state index is 4.42. The van der Waals surface area contributed by atoms with Gasteiger partial charge in [-0.25, -0.2) is 0 Å². The van der Waals surface area contributed by atoms with Crippen LogP contribution < -0.4 is 5.32 Å². The Hall–Kier alpha value is -1.15. The van der Waals surface area contributed by atoms with E-state index in [9.17, 15) is 0 Å². The smallest absolute Gasteiger partial charge is 0.205 e. The van der Waals surface area contributed by atoms with Gasteiger partial charge in [0.05, 0.1) is 0 Å². The number of thioether (sulfide) groups is 1. The second-order valence-corrected chi connectivity index (χ2v) is 7.52. The maximum absolute atomic E-state index is 4.42. The van der Waals surface area contributed by atoms with Crippen LogP contribution in [0, 0.1) is 6.92 Å². The highest BCUT2D eigenvalue weighted by molar-refractivity contribution is 7.98. The molecule has 120 valence electrons. The zero-order valence-corrected chi connectivity index (χ0v) is 14.7. The number of rotatable bonds is 7. The second kappa shape index (κ2) is 7.41. The number of hydrogen-bond acceptors (Lipinski definition) is 7. The number of aromatic nitrogens is 5. The Morgan fingerprint density at radius 1 is 1.23 bits per heavy atom. The average Bonchev–Trinajstić information content (AvgIpc) is 3.23.